The molecule has 0 spiro atoms. The van der Waals surface area contributed by atoms with Gasteiger partial charge in [-0.1, -0.05) is 90.8 Å². The van der Waals surface area contributed by atoms with E-state index in [0.717, 1.165) is 21.7 Å². The lowest BCUT2D eigenvalue weighted by Crippen LogP contribution is -1.88. The van der Waals surface area contributed by atoms with Crippen LogP contribution in [0.2, 0.25) is 5.02 Å². The molecule has 0 radical (unpaired) electrons. The molecule has 0 aliphatic heterocycles. The molecule has 0 saturated heterocycles. The Kier molecular flexibility index (Phi) is 24.1. The lowest BCUT2D eigenvalue weighted by atomic mass is 10.0. The summed E-state index contributed by atoms with van der Waals surface area (Å²) in [6.07, 6.45) is 10.0. The molecule has 0 N–H and O–H groups in total. The Hall–Kier alpha value is -1.60. The molecule has 0 saturated carbocycles. The monoisotopic (exact) mass is 377 g/mol. The summed E-state index contributed by atoms with van der Waals surface area (Å²) in [4.78, 5) is 4.05. The Labute approximate surface area is 168 Å². The number of allylic oxidation sites excluding steroid dienone is 3. The number of aliphatic imine (C=N–C) groups is 1. The van der Waals surface area contributed by atoms with E-state index in [4.69, 9.17) is 11.6 Å². The number of benzene rings is 1. The van der Waals surface area contributed by atoms with Crippen molar-refractivity contribution in [1.29, 1.82) is 0 Å². The molecule has 1 aromatic rings. The third-order valence-corrected chi connectivity index (χ3v) is 2.92. The van der Waals surface area contributed by atoms with Gasteiger partial charge in [0.15, 0.2) is 0 Å². The van der Waals surface area contributed by atoms with Gasteiger partial charge in [0.1, 0.15) is 0 Å². The molecule has 2 heteroatoms. The van der Waals surface area contributed by atoms with E-state index in [1.165, 1.54) is 24.6 Å². The minimum absolute atomic E-state index is 0.766. The number of hydrogen-bond donors (Lipinski definition) is 0. The van der Waals surface area contributed by atoms with Gasteiger partial charge >= 0.3 is 0 Å². The van der Waals surface area contributed by atoms with Crippen molar-refractivity contribution >= 4 is 23.9 Å². The van der Waals surface area contributed by atoms with E-state index < -0.39 is 0 Å². The predicted molar refractivity (Wildman–Crippen MR) is 126 cm³/mol. The van der Waals surface area contributed by atoms with Crippen molar-refractivity contribution < 1.29 is 0 Å². The molecule has 0 amide bonds. The fraction of sp³-hybridized carbons (Fsp3) is 0.458. The van der Waals surface area contributed by atoms with Crippen LogP contribution >= 0.6 is 11.6 Å². The zero-order chi connectivity index (χ0) is 21.0. The molecule has 1 nitrogen and oxygen atoms in total. The lowest BCUT2D eigenvalue weighted by molar-refractivity contribution is 1.09. The first-order valence-electron chi connectivity index (χ1n) is 9.66. The first kappa shape index (κ1) is 29.2. The quantitative estimate of drug-likeness (QED) is 0.366. The molecular formula is C24H40ClN. The third kappa shape index (κ3) is 15.9. The van der Waals surface area contributed by atoms with Crippen LogP contribution in [0, 0.1) is 6.92 Å². The van der Waals surface area contributed by atoms with Crippen LogP contribution in [-0.2, 0) is 0 Å². The van der Waals surface area contributed by atoms with Crippen molar-refractivity contribution in [3.63, 3.8) is 0 Å². The van der Waals surface area contributed by atoms with Crippen molar-refractivity contribution in [1.82, 2.24) is 0 Å². The van der Waals surface area contributed by atoms with E-state index in [9.17, 15) is 0 Å². The highest BCUT2D eigenvalue weighted by Crippen LogP contribution is 2.19. The van der Waals surface area contributed by atoms with Crippen LogP contribution in [0.1, 0.15) is 79.4 Å². The average molecular weight is 378 g/mol. The van der Waals surface area contributed by atoms with Crippen LogP contribution in [-0.4, -0.2) is 6.21 Å². The van der Waals surface area contributed by atoms with Gasteiger partial charge in [-0.15, -0.1) is 0 Å². The summed E-state index contributed by atoms with van der Waals surface area (Å²) < 4.78 is 0. The molecule has 0 unspecified atom stereocenters. The zero-order valence-electron chi connectivity index (χ0n) is 18.5. The maximum absolute atomic E-state index is 5.95. The normalized spacial score (nSPS) is 10.7. The average Bonchev–Trinajstić information content (AvgIpc) is 2.61. The van der Waals surface area contributed by atoms with Gasteiger partial charge in [-0.25, -0.2) is 0 Å². The molecule has 0 heterocycles. The van der Waals surface area contributed by atoms with Crippen LogP contribution in [0.4, 0.5) is 0 Å². The number of hydrogen-bond acceptors (Lipinski definition) is 1. The first-order chi connectivity index (χ1) is 12.4. The molecule has 0 aliphatic rings. The Morgan fingerprint density at radius 3 is 2.00 bits per heavy atom. The van der Waals surface area contributed by atoms with E-state index in [1.54, 1.807) is 0 Å². The van der Waals surface area contributed by atoms with Gasteiger partial charge in [-0.05, 0) is 55.2 Å². The molecule has 1 aromatic carbocycles. The fourth-order valence-electron chi connectivity index (χ4n) is 1.65. The van der Waals surface area contributed by atoms with Crippen LogP contribution in [0.25, 0.3) is 6.08 Å². The van der Waals surface area contributed by atoms with Crippen molar-refractivity contribution in [3.8, 4) is 0 Å². The van der Waals surface area contributed by atoms with E-state index in [-0.39, 0.29) is 0 Å². The molecular weight excluding hydrogens is 338 g/mol. The number of halogens is 1. The fourth-order valence-corrected chi connectivity index (χ4v) is 1.88. The summed E-state index contributed by atoms with van der Waals surface area (Å²) >= 11 is 5.95. The number of nitrogens with zero attached hydrogens (tertiary/aromatic N) is 1. The topological polar surface area (TPSA) is 12.4 Å². The van der Waals surface area contributed by atoms with Gasteiger partial charge in [0.2, 0.25) is 0 Å². The van der Waals surface area contributed by atoms with E-state index in [1.807, 2.05) is 51.3 Å². The summed E-state index contributed by atoms with van der Waals surface area (Å²) in [6, 6.07) is 5.90. The lowest BCUT2D eigenvalue weighted by Gasteiger charge is -2.05. The standard InChI is InChI=1S/C16H18ClN.2C3H8.C2H6/c1-5-14(11-18-6-2)12(3)9-15-7-8-16(17)10-13(15)4;2*1-3-2;1-2/h5-11H,2H2,1,3-4H3;2*3H2,1-2H3;1-2H3/b12-9+,14-5+,18-11?;;;. The summed E-state index contributed by atoms with van der Waals surface area (Å²) in [5.41, 5.74) is 4.58. The molecule has 0 bridgehead atoms. The van der Waals surface area contributed by atoms with Crippen molar-refractivity contribution in [2.24, 2.45) is 4.99 Å². The van der Waals surface area contributed by atoms with Gasteiger partial charge in [0, 0.05) is 17.4 Å². The van der Waals surface area contributed by atoms with Gasteiger partial charge in [0.25, 0.3) is 0 Å². The third-order valence-electron chi connectivity index (χ3n) is 2.69. The second-order valence-corrected chi connectivity index (χ2v) is 5.88. The highest BCUT2D eigenvalue weighted by molar-refractivity contribution is 6.30. The molecule has 1 rings (SSSR count). The maximum Gasteiger partial charge on any atom is 0.0409 e. The molecule has 0 atom stereocenters. The zero-order valence-corrected chi connectivity index (χ0v) is 19.2. The maximum atomic E-state index is 5.95. The van der Waals surface area contributed by atoms with Crippen molar-refractivity contribution in [2.75, 3.05) is 0 Å². The van der Waals surface area contributed by atoms with Gasteiger partial charge in [0.05, 0.1) is 0 Å². The Morgan fingerprint density at radius 2 is 1.62 bits per heavy atom. The van der Waals surface area contributed by atoms with Gasteiger partial charge in [-0.3, -0.25) is 4.99 Å². The highest BCUT2D eigenvalue weighted by Gasteiger charge is 1.99. The Balaban J connectivity index is -0.000000567. The summed E-state index contributed by atoms with van der Waals surface area (Å²) in [6.45, 7) is 22.2. The van der Waals surface area contributed by atoms with E-state index in [0.29, 0.717) is 0 Å². The minimum Gasteiger partial charge on any atom is -0.265 e. The Bertz CT molecular complexity index is 549. The van der Waals surface area contributed by atoms with Crippen LogP contribution < -0.4 is 0 Å². The number of rotatable bonds is 4. The molecule has 148 valence electrons. The smallest absolute Gasteiger partial charge is 0.0409 e. The largest absolute Gasteiger partial charge is 0.265 e. The number of aryl methyl sites for hydroxylation is 1. The van der Waals surface area contributed by atoms with E-state index >= 15 is 0 Å². The van der Waals surface area contributed by atoms with Crippen molar-refractivity contribution in [2.45, 2.75) is 75.2 Å². The minimum atomic E-state index is 0.766. The molecule has 26 heavy (non-hydrogen) atoms. The first-order valence-corrected chi connectivity index (χ1v) is 10.0. The molecule has 0 aromatic heterocycles. The van der Waals surface area contributed by atoms with Crippen molar-refractivity contribution in [3.05, 3.63) is 64.3 Å². The van der Waals surface area contributed by atoms with Crippen LogP contribution in [0.5, 0.6) is 0 Å². The molecule has 0 aliphatic carbocycles. The van der Waals surface area contributed by atoms with Gasteiger partial charge in [-0.2, -0.15) is 0 Å². The second kappa shape index (κ2) is 21.4. The van der Waals surface area contributed by atoms with Crippen LogP contribution in [0.15, 0.2) is 53.2 Å². The van der Waals surface area contributed by atoms with E-state index in [2.05, 4.69) is 59.2 Å². The van der Waals surface area contributed by atoms with Crippen LogP contribution in [0.3, 0.4) is 0 Å². The predicted octanol–water partition coefficient (Wildman–Crippen LogP) is 9.07. The highest BCUT2D eigenvalue weighted by atomic mass is 35.5. The summed E-state index contributed by atoms with van der Waals surface area (Å²) in [5.74, 6) is 0. The van der Waals surface area contributed by atoms with Gasteiger partial charge < -0.3 is 0 Å². The summed E-state index contributed by atoms with van der Waals surface area (Å²) in [5, 5.41) is 0.766. The summed E-state index contributed by atoms with van der Waals surface area (Å²) in [7, 11) is 0. The SMILES string of the molecule is C=CN=CC(=C\C)/C(C)=C/c1ccc(Cl)cc1C.CC.CCC.CCC. The second-order valence-electron chi connectivity index (χ2n) is 5.45. The Morgan fingerprint density at radius 1 is 1.12 bits per heavy atom. The molecule has 0 fully saturated rings.